The molecule has 0 amide bonds. The molecule has 0 fully saturated rings. The van der Waals surface area contributed by atoms with Gasteiger partial charge in [-0.05, 0) is 32.1 Å². The topological polar surface area (TPSA) is 66.6 Å². The van der Waals surface area contributed by atoms with Crippen LogP contribution in [0.5, 0.6) is 0 Å². The Morgan fingerprint density at radius 2 is 2.17 bits per heavy atom. The Kier molecular flexibility index (Phi) is 5.25. The Hall–Kier alpha value is -1.46. The number of halogens is 1. The predicted molar refractivity (Wildman–Crippen MR) is 67.6 cm³/mol. The Morgan fingerprint density at radius 1 is 1.50 bits per heavy atom. The van der Waals surface area contributed by atoms with Gasteiger partial charge in [-0.25, -0.2) is 4.39 Å². The number of nitrogens with zero attached hydrogens (tertiary/aromatic N) is 1. The van der Waals surface area contributed by atoms with E-state index in [2.05, 4.69) is 0 Å². The molecule has 1 atom stereocenters. The van der Waals surface area contributed by atoms with E-state index >= 15 is 0 Å². The summed E-state index contributed by atoms with van der Waals surface area (Å²) in [5.74, 6) is -1.19. The lowest BCUT2D eigenvalue weighted by molar-refractivity contribution is -0.137. The van der Waals surface area contributed by atoms with Gasteiger partial charge in [0.1, 0.15) is 5.82 Å². The molecule has 1 aromatic rings. The predicted octanol–water partition coefficient (Wildman–Crippen LogP) is 1.75. The van der Waals surface area contributed by atoms with Crippen LogP contribution in [0.4, 0.5) is 4.39 Å². The number of carbonyl (C=O) groups is 1. The van der Waals surface area contributed by atoms with Gasteiger partial charge in [-0.15, -0.1) is 0 Å². The number of carboxylic acid groups (broad SMARTS) is 1. The second-order valence-corrected chi connectivity index (χ2v) is 4.63. The highest BCUT2D eigenvalue weighted by atomic mass is 19.1. The lowest BCUT2D eigenvalue weighted by Crippen LogP contribution is -2.15. The Labute approximate surface area is 106 Å². The quantitative estimate of drug-likeness (QED) is 0.811. The lowest BCUT2D eigenvalue weighted by atomic mass is 10.0. The molecule has 100 valence electrons. The van der Waals surface area contributed by atoms with Gasteiger partial charge < -0.3 is 15.7 Å². The second-order valence-electron chi connectivity index (χ2n) is 4.63. The minimum Gasteiger partial charge on any atom is -0.481 e. The van der Waals surface area contributed by atoms with Gasteiger partial charge in [-0.1, -0.05) is 12.1 Å². The van der Waals surface area contributed by atoms with E-state index in [0.717, 1.165) is 0 Å². The second kappa shape index (κ2) is 6.47. The summed E-state index contributed by atoms with van der Waals surface area (Å²) < 4.78 is 13.8. The first-order valence-corrected chi connectivity index (χ1v) is 5.80. The zero-order valence-electron chi connectivity index (χ0n) is 10.7. The van der Waals surface area contributed by atoms with E-state index in [1.54, 1.807) is 12.1 Å². The van der Waals surface area contributed by atoms with Crippen LogP contribution in [-0.4, -0.2) is 30.1 Å². The van der Waals surface area contributed by atoms with Crippen LogP contribution in [0.1, 0.15) is 30.0 Å². The minimum absolute atomic E-state index is 0.0117. The maximum absolute atomic E-state index is 13.8. The van der Waals surface area contributed by atoms with E-state index < -0.39 is 12.0 Å². The Balaban J connectivity index is 2.73. The summed E-state index contributed by atoms with van der Waals surface area (Å²) in [6.45, 7) is 0.524. The van der Waals surface area contributed by atoms with Crippen LogP contribution in [0.25, 0.3) is 0 Å². The first kappa shape index (κ1) is 14.6. The van der Waals surface area contributed by atoms with E-state index in [4.69, 9.17) is 10.8 Å². The van der Waals surface area contributed by atoms with Crippen molar-refractivity contribution in [2.75, 3.05) is 14.1 Å². The van der Waals surface area contributed by atoms with Crippen molar-refractivity contribution in [2.24, 2.45) is 5.73 Å². The molecule has 0 radical (unpaired) electrons. The van der Waals surface area contributed by atoms with E-state index in [0.29, 0.717) is 24.1 Å². The third-order valence-electron chi connectivity index (χ3n) is 2.66. The molecule has 0 aliphatic heterocycles. The highest BCUT2D eigenvalue weighted by Crippen LogP contribution is 2.19. The highest BCUT2D eigenvalue weighted by Gasteiger charge is 2.11. The fourth-order valence-electron chi connectivity index (χ4n) is 1.71. The van der Waals surface area contributed by atoms with E-state index in [-0.39, 0.29) is 12.2 Å². The zero-order valence-corrected chi connectivity index (χ0v) is 10.7. The average Bonchev–Trinajstić information content (AvgIpc) is 2.28. The molecule has 0 heterocycles. The van der Waals surface area contributed by atoms with Gasteiger partial charge in [0.2, 0.25) is 0 Å². The van der Waals surface area contributed by atoms with Crippen molar-refractivity contribution in [3.8, 4) is 0 Å². The third kappa shape index (κ3) is 4.43. The van der Waals surface area contributed by atoms with Crippen LogP contribution in [-0.2, 0) is 11.3 Å². The van der Waals surface area contributed by atoms with Crippen LogP contribution in [0.3, 0.4) is 0 Å². The first-order valence-electron chi connectivity index (χ1n) is 5.80. The summed E-state index contributed by atoms with van der Waals surface area (Å²) in [4.78, 5) is 12.3. The molecule has 0 saturated carbocycles. The number of hydrogen-bond donors (Lipinski definition) is 2. The van der Waals surface area contributed by atoms with Crippen molar-refractivity contribution in [3.63, 3.8) is 0 Å². The summed E-state index contributed by atoms with van der Waals surface area (Å²) in [5.41, 5.74) is 7.06. The maximum atomic E-state index is 13.8. The lowest BCUT2D eigenvalue weighted by Gasteiger charge is -2.14. The number of benzene rings is 1. The van der Waals surface area contributed by atoms with E-state index in [1.165, 1.54) is 6.07 Å². The summed E-state index contributed by atoms with van der Waals surface area (Å²) in [7, 11) is 3.73. The summed E-state index contributed by atoms with van der Waals surface area (Å²) in [6.07, 6.45) is 0.296. The van der Waals surface area contributed by atoms with Crippen molar-refractivity contribution in [3.05, 3.63) is 35.1 Å². The molecule has 3 N–H and O–H groups in total. The molecule has 1 rings (SSSR count). The van der Waals surface area contributed by atoms with Crippen LogP contribution in [0.15, 0.2) is 18.2 Å². The molecule has 0 aliphatic carbocycles. The van der Waals surface area contributed by atoms with Crippen LogP contribution in [0.2, 0.25) is 0 Å². The molecule has 0 saturated heterocycles. The van der Waals surface area contributed by atoms with Crippen molar-refractivity contribution < 1.29 is 14.3 Å². The molecule has 0 spiro atoms. The van der Waals surface area contributed by atoms with Crippen molar-refractivity contribution >= 4 is 5.97 Å². The summed E-state index contributed by atoms with van der Waals surface area (Å²) in [5, 5.41) is 8.57. The van der Waals surface area contributed by atoms with Crippen LogP contribution in [0, 0.1) is 5.82 Å². The SMILES string of the molecule is CN(C)Cc1ccc(C(N)CCC(=O)O)cc1F. The zero-order chi connectivity index (χ0) is 13.7. The Morgan fingerprint density at radius 3 is 2.67 bits per heavy atom. The number of nitrogens with two attached hydrogens (primary N) is 1. The molecule has 1 unspecified atom stereocenters. The molecule has 5 heteroatoms. The Bertz CT molecular complexity index is 421. The molecular weight excluding hydrogens is 235 g/mol. The van der Waals surface area contributed by atoms with Gasteiger partial charge in [0.25, 0.3) is 0 Å². The molecule has 0 aliphatic rings. The standard InChI is InChI=1S/C13H19FN2O2/c1-16(2)8-10-4-3-9(7-11(10)14)12(15)5-6-13(17)18/h3-4,7,12H,5-6,8,15H2,1-2H3,(H,17,18). The minimum atomic E-state index is -0.893. The van der Waals surface area contributed by atoms with Crippen molar-refractivity contribution in [1.82, 2.24) is 4.90 Å². The van der Waals surface area contributed by atoms with Crippen molar-refractivity contribution in [1.29, 1.82) is 0 Å². The molecule has 4 nitrogen and oxygen atoms in total. The normalized spacial score (nSPS) is 12.7. The third-order valence-corrected chi connectivity index (χ3v) is 2.66. The largest absolute Gasteiger partial charge is 0.481 e. The summed E-state index contributed by atoms with van der Waals surface area (Å²) in [6, 6.07) is 4.41. The number of hydrogen-bond acceptors (Lipinski definition) is 3. The molecule has 0 aromatic heterocycles. The fourth-order valence-corrected chi connectivity index (χ4v) is 1.71. The van der Waals surface area contributed by atoms with E-state index in [9.17, 15) is 9.18 Å². The van der Waals surface area contributed by atoms with Gasteiger partial charge in [0, 0.05) is 24.6 Å². The first-order chi connectivity index (χ1) is 8.40. The number of aliphatic carboxylic acids is 1. The van der Waals surface area contributed by atoms with Gasteiger partial charge in [0.15, 0.2) is 0 Å². The van der Waals surface area contributed by atoms with Gasteiger partial charge >= 0.3 is 5.97 Å². The smallest absolute Gasteiger partial charge is 0.303 e. The van der Waals surface area contributed by atoms with Gasteiger partial charge in [0.05, 0.1) is 0 Å². The average molecular weight is 254 g/mol. The van der Waals surface area contributed by atoms with E-state index in [1.807, 2.05) is 19.0 Å². The van der Waals surface area contributed by atoms with Crippen molar-refractivity contribution in [2.45, 2.75) is 25.4 Å². The summed E-state index contributed by atoms with van der Waals surface area (Å²) >= 11 is 0. The van der Waals surface area contributed by atoms with Crippen LogP contribution < -0.4 is 5.73 Å². The molecule has 0 bridgehead atoms. The maximum Gasteiger partial charge on any atom is 0.303 e. The van der Waals surface area contributed by atoms with Crippen LogP contribution >= 0.6 is 0 Å². The molecule has 18 heavy (non-hydrogen) atoms. The van der Waals surface area contributed by atoms with Gasteiger partial charge in [-0.2, -0.15) is 0 Å². The molecule has 1 aromatic carbocycles. The van der Waals surface area contributed by atoms with Gasteiger partial charge in [-0.3, -0.25) is 4.79 Å². The number of rotatable bonds is 6. The molecular formula is C13H19FN2O2. The monoisotopic (exact) mass is 254 g/mol. The highest BCUT2D eigenvalue weighted by molar-refractivity contribution is 5.66. The fraction of sp³-hybridized carbons (Fsp3) is 0.462. The number of carboxylic acids is 1.